The van der Waals surface area contributed by atoms with E-state index in [0.717, 1.165) is 10.0 Å². The third-order valence-electron chi connectivity index (χ3n) is 1.73. The predicted octanol–water partition coefficient (Wildman–Crippen LogP) is 1.88. The van der Waals surface area contributed by atoms with Crippen molar-refractivity contribution in [2.75, 3.05) is 5.73 Å². The molecular weight excluding hydrogens is 244 g/mol. The summed E-state index contributed by atoms with van der Waals surface area (Å²) in [5, 5.41) is 7.34. The van der Waals surface area contributed by atoms with Crippen molar-refractivity contribution >= 4 is 21.9 Å². The van der Waals surface area contributed by atoms with Crippen LogP contribution >= 0.6 is 15.9 Å². The van der Waals surface area contributed by atoms with E-state index in [1.807, 2.05) is 24.3 Å². The lowest BCUT2D eigenvalue weighted by Crippen LogP contribution is -1.98. The van der Waals surface area contributed by atoms with Gasteiger partial charge in [0.15, 0.2) is 0 Å². The zero-order valence-corrected chi connectivity index (χ0v) is 8.77. The molecule has 0 aliphatic heterocycles. The van der Waals surface area contributed by atoms with Crippen molar-refractivity contribution in [1.82, 2.24) is 15.2 Å². The van der Waals surface area contributed by atoms with E-state index in [9.17, 15) is 0 Å². The molecule has 2 N–H and O–H groups in total. The highest BCUT2D eigenvalue weighted by Crippen LogP contribution is 2.25. The molecule has 0 aliphatic rings. The van der Waals surface area contributed by atoms with Crippen LogP contribution < -0.4 is 5.73 Å². The first kappa shape index (κ1) is 9.08. The van der Waals surface area contributed by atoms with Gasteiger partial charge in [-0.2, -0.15) is 5.10 Å². The van der Waals surface area contributed by atoms with E-state index < -0.39 is 0 Å². The molecule has 70 valence electrons. The van der Waals surface area contributed by atoms with Gasteiger partial charge in [-0.15, -0.1) is 5.10 Å². The Morgan fingerprint density at radius 1 is 1.21 bits per heavy atom. The number of aromatic nitrogens is 3. The molecule has 0 saturated carbocycles. The molecule has 4 nitrogen and oxygen atoms in total. The van der Waals surface area contributed by atoms with Gasteiger partial charge in [-0.1, -0.05) is 34.1 Å². The fourth-order valence-corrected chi connectivity index (χ4v) is 1.60. The second-order valence-corrected chi connectivity index (χ2v) is 3.53. The summed E-state index contributed by atoms with van der Waals surface area (Å²) in [6.07, 6.45) is 1.58. The Bertz CT molecular complexity index is 458. The summed E-state index contributed by atoms with van der Waals surface area (Å²) in [5.41, 5.74) is 7.11. The van der Waals surface area contributed by atoms with Crippen LogP contribution in [0.4, 0.5) is 5.95 Å². The molecule has 5 heteroatoms. The number of hydrogen-bond donors (Lipinski definition) is 1. The zero-order valence-electron chi connectivity index (χ0n) is 7.18. The Morgan fingerprint density at radius 2 is 2.00 bits per heavy atom. The smallest absolute Gasteiger partial charge is 0.240 e. The molecule has 0 saturated heterocycles. The number of rotatable bonds is 1. The maximum absolute atomic E-state index is 5.45. The maximum Gasteiger partial charge on any atom is 0.240 e. The predicted molar refractivity (Wildman–Crippen MR) is 57.4 cm³/mol. The lowest BCUT2D eigenvalue weighted by atomic mass is 10.2. The molecule has 0 aliphatic carbocycles. The SMILES string of the molecule is Nc1nncc(-c2ccccc2Br)n1. The standard InChI is InChI=1S/C9H7BrN4/c10-7-4-2-1-3-6(7)8-5-12-14-9(11)13-8/h1-5H,(H2,11,13,14). The van der Waals surface area contributed by atoms with Crippen LogP contribution in [0.2, 0.25) is 0 Å². The molecule has 2 aromatic rings. The average molecular weight is 251 g/mol. The molecular formula is C9H7BrN4. The fraction of sp³-hybridized carbons (Fsp3) is 0. The number of benzene rings is 1. The first-order valence-corrected chi connectivity index (χ1v) is 4.77. The number of anilines is 1. The van der Waals surface area contributed by atoms with Crippen LogP contribution in [0.3, 0.4) is 0 Å². The van der Waals surface area contributed by atoms with Crippen LogP contribution in [-0.4, -0.2) is 15.2 Å². The summed E-state index contributed by atoms with van der Waals surface area (Å²) in [7, 11) is 0. The van der Waals surface area contributed by atoms with Crippen molar-refractivity contribution in [3.8, 4) is 11.3 Å². The van der Waals surface area contributed by atoms with Crippen LogP contribution in [0.5, 0.6) is 0 Å². The average Bonchev–Trinajstić information content (AvgIpc) is 2.18. The van der Waals surface area contributed by atoms with Crippen molar-refractivity contribution in [2.45, 2.75) is 0 Å². The van der Waals surface area contributed by atoms with Crippen LogP contribution in [-0.2, 0) is 0 Å². The lowest BCUT2D eigenvalue weighted by molar-refractivity contribution is 0.990. The molecule has 14 heavy (non-hydrogen) atoms. The second kappa shape index (κ2) is 3.71. The Balaban J connectivity index is 2.55. The summed E-state index contributed by atoms with van der Waals surface area (Å²) < 4.78 is 0.958. The number of nitrogens with two attached hydrogens (primary N) is 1. The Morgan fingerprint density at radius 3 is 2.71 bits per heavy atom. The number of nitrogen functional groups attached to an aromatic ring is 1. The van der Waals surface area contributed by atoms with Crippen LogP contribution in [0.25, 0.3) is 11.3 Å². The highest BCUT2D eigenvalue weighted by Gasteiger charge is 2.04. The van der Waals surface area contributed by atoms with Gasteiger partial charge in [0.05, 0.1) is 11.9 Å². The van der Waals surface area contributed by atoms with Crippen molar-refractivity contribution in [3.63, 3.8) is 0 Å². The summed E-state index contributed by atoms with van der Waals surface area (Å²) in [6.45, 7) is 0. The molecule has 0 atom stereocenters. The van der Waals surface area contributed by atoms with E-state index in [2.05, 4.69) is 31.1 Å². The van der Waals surface area contributed by atoms with E-state index in [1.165, 1.54) is 0 Å². The minimum absolute atomic E-state index is 0.179. The van der Waals surface area contributed by atoms with Crippen molar-refractivity contribution in [1.29, 1.82) is 0 Å². The van der Waals surface area contributed by atoms with Gasteiger partial charge in [-0.25, -0.2) is 4.98 Å². The van der Waals surface area contributed by atoms with Gasteiger partial charge < -0.3 is 5.73 Å². The molecule has 0 unspecified atom stereocenters. The van der Waals surface area contributed by atoms with Crippen molar-refractivity contribution in [2.24, 2.45) is 0 Å². The molecule has 0 amide bonds. The molecule has 0 spiro atoms. The van der Waals surface area contributed by atoms with E-state index in [4.69, 9.17) is 5.73 Å². The van der Waals surface area contributed by atoms with Crippen LogP contribution in [0, 0.1) is 0 Å². The number of nitrogens with zero attached hydrogens (tertiary/aromatic N) is 3. The molecule has 2 rings (SSSR count). The molecule has 0 bridgehead atoms. The largest absolute Gasteiger partial charge is 0.366 e. The highest BCUT2D eigenvalue weighted by molar-refractivity contribution is 9.10. The monoisotopic (exact) mass is 250 g/mol. The van der Waals surface area contributed by atoms with E-state index in [0.29, 0.717) is 5.69 Å². The van der Waals surface area contributed by atoms with Gasteiger partial charge in [0.2, 0.25) is 5.95 Å². The van der Waals surface area contributed by atoms with Gasteiger partial charge in [0.1, 0.15) is 0 Å². The summed E-state index contributed by atoms with van der Waals surface area (Å²) in [6, 6.07) is 7.74. The van der Waals surface area contributed by atoms with Crippen LogP contribution in [0.1, 0.15) is 0 Å². The summed E-state index contributed by atoms with van der Waals surface area (Å²) in [4.78, 5) is 4.08. The Labute approximate surface area is 89.3 Å². The molecule has 1 heterocycles. The third-order valence-corrected chi connectivity index (χ3v) is 2.42. The van der Waals surface area contributed by atoms with Gasteiger partial charge in [-0.05, 0) is 6.07 Å². The van der Waals surface area contributed by atoms with Gasteiger partial charge in [0, 0.05) is 10.0 Å². The summed E-state index contributed by atoms with van der Waals surface area (Å²) >= 11 is 3.43. The lowest BCUT2D eigenvalue weighted by Gasteiger charge is -2.02. The molecule has 1 aromatic heterocycles. The zero-order chi connectivity index (χ0) is 9.97. The Hall–Kier alpha value is -1.49. The summed E-state index contributed by atoms with van der Waals surface area (Å²) in [5.74, 6) is 0.179. The van der Waals surface area contributed by atoms with Crippen LogP contribution in [0.15, 0.2) is 34.9 Å². The minimum atomic E-state index is 0.179. The third kappa shape index (κ3) is 1.72. The Kier molecular flexibility index (Phi) is 2.41. The van der Waals surface area contributed by atoms with E-state index >= 15 is 0 Å². The minimum Gasteiger partial charge on any atom is -0.366 e. The molecule has 1 aromatic carbocycles. The quantitative estimate of drug-likeness (QED) is 0.840. The first-order chi connectivity index (χ1) is 6.77. The maximum atomic E-state index is 5.45. The van der Waals surface area contributed by atoms with Gasteiger partial charge in [0.25, 0.3) is 0 Å². The molecule has 0 radical (unpaired) electrons. The van der Waals surface area contributed by atoms with Crippen molar-refractivity contribution in [3.05, 3.63) is 34.9 Å². The fourth-order valence-electron chi connectivity index (χ4n) is 1.12. The molecule has 0 fully saturated rings. The highest BCUT2D eigenvalue weighted by atomic mass is 79.9. The van der Waals surface area contributed by atoms with Gasteiger partial charge >= 0.3 is 0 Å². The van der Waals surface area contributed by atoms with E-state index in [1.54, 1.807) is 6.20 Å². The number of hydrogen-bond acceptors (Lipinski definition) is 4. The topological polar surface area (TPSA) is 64.7 Å². The van der Waals surface area contributed by atoms with Crippen molar-refractivity contribution < 1.29 is 0 Å². The normalized spacial score (nSPS) is 10.1. The van der Waals surface area contributed by atoms with E-state index in [-0.39, 0.29) is 5.95 Å². The number of halogens is 1. The first-order valence-electron chi connectivity index (χ1n) is 3.97. The second-order valence-electron chi connectivity index (χ2n) is 2.68. The van der Waals surface area contributed by atoms with Gasteiger partial charge in [-0.3, -0.25) is 0 Å².